The molecule has 0 aliphatic carbocycles. The van der Waals surface area contributed by atoms with Crippen molar-refractivity contribution < 1.29 is 27.5 Å². The Labute approximate surface area is 226 Å². The van der Waals surface area contributed by atoms with Crippen LogP contribution in [0.15, 0.2) is 48.5 Å². The maximum absolute atomic E-state index is 13.5. The van der Waals surface area contributed by atoms with Crippen molar-refractivity contribution in [1.82, 2.24) is 10.2 Å². The van der Waals surface area contributed by atoms with Crippen LogP contribution in [0.2, 0.25) is 0 Å². The summed E-state index contributed by atoms with van der Waals surface area (Å²) in [6, 6.07) is 13.9. The standard InChI is InChI=1S/C28H39N3O6S/c1-5-24(28(33)29-19-21(2)3)30(20-22-10-7-6-8-11-22)27(32)12-9-15-31(38(4,34)35)23-13-14-25-26(18-23)37-17-16-36-25/h6-8,10-11,13-14,18,21,24H,5,9,12,15-17,19-20H2,1-4H3,(H,29,33)/t24-/m1/s1. The van der Waals surface area contributed by atoms with Gasteiger partial charge < -0.3 is 19.7 Å². The van der Waals surface area contributed by atoms with Crippen LogP contribution in [0, 0.1) is 5.92 Å². The lowest BCUT2D eigenvalue weighted by Crippen LogP contribution is -2.49. The zero-order valence-corrected chi connectivity index (χ0v) is 23.5. The molecule has 0 spiro atoms. The first-order valence-electron chi connectivity index (χ1n) is 13.1. The summed E-state index contributed by atoms with van der Waals surface area (Å²) < 4.78 is 37.7. The van der Waals surface area contributed by atoms with Crippen LogP contribution in [0.3, 0.4) is 0 Å². The maximum atomic E-state index is 13.5. The number of hydrogen-bond donors (Lipinski definition) is 1. The third kappa shape index (κ3) is 8.11. The van der Waals surface area contributed by atoms with Crippen molar-refractivity contribution in [2.24, 2.45) is 5.92 Å². The average Bonchev–Trinajstić information content (AvgIpc) is 2.89. The van der Waals surface area contributed by atoms with Crippen molar-refractivity contribution in [1.29, 1.82) is 0 Å². The fraction of sp³-hybridized carbons (Fsp3) is 0.500. The van der Waals surface area contributed by atoms with E-state index in [1.165, 1.54) is 4.31 Å². The van der Waals surface area contributed by atoms with Gasteiger partial charge in [0.1, 0.15) is 19.3 Å². The molecule has 1 atom stereocenters. The van der Waals surface area contributed by atoms with E-state index in [-0.39, 0.29) is 37.1 Å². The molecule has 38 heavy (non-hydrogen) atoms. The Morgan fingerprint density at radius 1 is 1.03 bits per heavy atom. The summed E-state index contributed by atoms with van der Waals surface area (Å²) in [5, 5.41) is 2.95. The van der Waals surface area contributed by atoms with Crippen LogP contribution in [0.5, 0.6) is 11.5 Å². The highest BCUT2D eigenvalue weighted by Gasteiger charge is 2.29. The van der Waals surface area contributed by atoms with Crippen molar-refractivity contribution in [3.63, 3.8) is 0 Å². The number of amides is 2. The Morgan fingerprint density at radius 2 is 1.71 bits per heavy atom. The summed E-state index contributed by atoms with van der Waals surface area (Å²) in [5.74, 6) is 0.972. The molecule has 2 aromatic carbocycles. The molecule has 0 radical (unpaired) electrons. The van der Waals surface area contributed by atoms with Gasteiger partial charge in [0.2, 0.25) is 21.8 Å². The monoisotopic (exact) mass is 545 g/mol. The van der Waals surface area contributed by atoms with E-state index in [0.717, 1.165) is 11.8 Å². The molecule has 9 nitrogen and oxygen atoms in total. The lowest BCUT2D eigenvalue weighted by Gasteiger charge is -2.31. The smallest absolute Gasteiger partial charge is 0.242 e. The molecule has 2 aromatic rings. The minimum Gasteiger partial charge on any atom is -0.486 e. The van der Waals surface area contributed by atoms with Gasteiger partial charge in [-0.3, -0.25) is 13.9 Å². The van der Waals surface area contributed by atoms with Crippen LogP contribution in [0.25, 0.3) is 0 Å². The number of carbonyl (C=O) groups is 2. The number of sulfonamides is 1. The van der Waals surface area contributed by atoms with Crippen LogP contribution in [-0.2, 0) is 26.2 Å². The lowest BCUT2D eigenvalue weighted by atomic mass is 10.1. The average molecular weight is 546 g/mol. The fourth-order valence-electron chi connectivity index (χ4n) is 4.31. The molecule has 1 aliphatic heterocycles. The van der Waals surface area contributed by atoms with Crippen molar-refractivity contribution in [3.8, 4) is 11.5 Å². The first kappa shape index (κ1) is 29.3. The molecule has 0 aromatic heterocycles. The Bertz CT molecular complexity index is 1190. The van der Waals surface area contributed by atoms with E-state index in [2.05, 4.69) is 5.32 Å². The van der Waals surface area contributed by atoms with E-state index < -0.39 is 16.1 Å². The van der Waals surface area contributed by atoms with Crippen LogP contribution >= 0.6 is 0 Å². The van der Waals surface area contributed by atoms with Crippen LogP contribution in [0.4, 0.5) is 5.69 Å². The number of nitrogens with zero attached hydrogens (tertiary/aromatic N) is 2. The molecule has 0 unspecified atom stereocenters. The van der Waals surface area contributed by atoms with E-state index >= 15 is 0 Å². The fourth-order valence-corrected chi connectivity index (χ4v) is 5.27. The summed E-state index contributed by atoms with van der Waals surface area (Å²) >= 11 is 0. The van der Waals surface area contributed by atoms with Gasteiger partial charge >= 0.3 is 0 Å². The molecular formula is C28H39N3O6S. The molecule has 0 saturated heterocycles. The van der Waals surface area contributed by atoms with Crippen molar-refractivity contribution in [2.45, 2.75) is 52.6 Å². The second kappa shape index (κ2) is 13.5. The van der Waals surface area contributed by atoms with E-state index in [1.54, 1.807) is 23.1 Å². The predicted octanol–water partition coefficient (Wildman–Crippen LogP) is 3.58. The Hall–Kier alpha value is -3.27. The van der Waals surface area contributed by atoms with Gasteiger partial charge in [-0.15, -0.1) is 0 Å². The van der Waals surface area contributed by atoms with Crippen LogP contribution in [-0.4, -0.2) is 63.7 Å². The third-order valence-corrected chi connectivity index (χ3v) is 7.43. The van der Waals surface area contributed by atoms with Crippen LogP contribution < -0.4 is 19.1 Å². The summed E-state index contributed by atoms with van der Waals surface area (Å²) in [6.45, 7) is 7.69. The Kier molecular flexibility index (Phi) is 10.4. The molecule has 3 rings (SSSR count). The van der Waals surface area contributed by atoms with Gasteiger partial charge in [-0.05, 0) is 36.5 Å². The number of hydrogen-bond acceptors (Lipinski definition) is 6. The van der Waals surface area contributed by atoms with E-state index in [0.29, 0.717) is 49.9 Å². The SMILES string of the molecule is CC[C@H](C(=O)NCC(C)C)N(Cc1ccccc1)C(=O)CCCN(c1ccc2c(c1)OCCO2)S(C)(=O)=O. The number of nitrogens with one attached hydrogen (secondary N) is 1. The molecular weight excluding hydrogens is 506 g/mol. The van der Waals surface area contributed by atoms with Gasteiger partial charge in [0.05, 0.1) is 11.9 Å². The van der Waals surface area contributed by atoms with Crippen molar-refractivity contribution in [2.75, 3.05) is 36.9 Å². The van der Waals surface area contributed by atoms with Gasteiger partial charge in [-0.2, -0.15) is 0 Å². The second-order valence-corrected chi connectivity index (χ2v) is 11.7. The third-order valence-electron chi connectivity index (χ3n) is 6.23. The normalized spacial score (nSPS) is 13.6. The molecule has 1 heterocycles. The van der Waals surface area contributed by atoms with Gasteiger partial charge in [0.15, 0.2) is 11.5 Å². The van der Waals surface area contributed by atoms with E-state index in [4.69, 9.17) is 9.47 Å². The predicted molar refractivity (Wildman–Crippen MR) is 148 cm³/mol. The quantitative estimate of drug-likeness (QED) is 0.413. The lowest BCUT2D eigenvalue weighted by molar-refractivity contribution is -0.141. The number of ether oxygens (including phenoxy) is 2. The molecule has 0 saturated carbocycles. The Morgan fingerprint density at radius 3 is 2.34 bits per heavy atom. The van der Waals surface area contributed by atoms with Gasteiger partial charge in [-0.25, -0.2) is 8.42 Å². The first-order chi connectivity index (χ1) is 18.1. The number of fused-ring (bicyclic) bond motifs is 1. The summed E-state index contributed by atoms with van der Waals surface area (Å²) in [6.07, 6.45) is 1.99. The zero-order valence-electron chi connectivity index (χ0n) is 22.7. The number of benzene rings is 2. The van der Waals surface area contributed by atoms with Crippen molar-refractivity contribution >= 4 is 27.5 Å². The van der Waals surface area contributed by atoms with Gasteiger partial charge in [0, 0.05) is 32.1 Å². The highest BCUT2D eigenvalue weighted by atomic mass is 32.2. The molecule has 1 N–H and O–H groups in total. The highest BCUT2D eigenvalue weighted by Crippen LogP contribution is 2.34. The second-order valence-electron chi connectivity index (χ2n) is 9.84. The summed E-state index contributed by atoms with van der Waals surface area (Å²) in [4.78, 5) is 28.1. The summed E-state index contributed by atoms with van der Waals surface area (Å²) in [5.41, 5.74) is 1.37. The topological polar surface area (TPSA) is 105 Å². The minimum atomic E-state index is -3.61. The molecule has 0 bridgehead atoms. The summed E-state index contributed by atoms with van der Waals surface area (Å²) in [7, 11) is -3.61. The number of rotatable bonds is 13. The number of carbonyl (C=O) groups excluding carboxylic acids is 2. The molecule has 0 fully saturated rings. The number of anilines is 1. The van der Waals surface area contributed by atoms with E-state index in [9.17, 15) is 18.0 Å². The first-order valence-corrected chi connectivity index (χ1v) is 14.9. The van der Waals surface area contributed by atoms with E-state index in [1.807, 2.05) is 51.1 Å². The highest BCUT2D eigenvalue weighted by molar-refractivity contribution is 7.92. The van der Waals surface area contributed by atoms with Crippen molar-refractivity contribution in [3.05, 3.63) is 54.1 Å². The largest absolute Gasteiger partial charge is 0.486 e. The molecule has 10 heteroatoms. The zero-order chi connectivity index (χ0) is 27.7. The Balaban J connectivity index is 1.74. The van der Waals surface area contributed by atoms with Gasteiger partial charge in [-0.1, -0.05) is 51.1 Å². The molecule has 1 aliphatic rings. The molecule has 208 valence electrons. The minimum absolute atomic E-state index is 0.0946. The van der Waals surface area contributed by atoms with Crippen LogP contribution in [0.1, 0.15) is 45.6 Å². The molecule has 2 amide bonds. The maximum Gasteiger partial charge on any atom is 0.242 e. The van der Waals surface area contributed by atoms with Gasteiger partial charge in [0.25, 0.3) is 0 Å².